The zero-order valence-electron chi connectivity index (χ0n) is 14.7. The first-order valence-electron chi connectivity index (χ1n) is 9.18. The van der Waals surface area contributed by atoms with E-state index >= 15 is 0 Å². The molecule has 4 atom stereocenters. The van der Waals surface area contributed by atoms with E-state index in [1.807, 2.05) is 30.3 Å². The van der Waals surface area contributed by atoms with Gasteiger partial charge in [0.1, 0.15) is 0 Å². The second kappa shape index (κ2) is 5.80. The van der Waals surface area contributed by atoms with Crippen molar-refractivity contribution in [2.45, 2.75) is 12.6 Å². The van der Waals surface area contributed by atoms with Crippen LogP contribution in [0, 0.1) is 23.7 Å². The molecule has 2 aliphatic carbocycles. The first kappa shape index (κ1) is 17.2. The Morgan fingerprint density at radius 1 is 0.893 bits per heavy atom. The number of fused-ring (bicyclic) bond motifs is 5. The number of alkyl halides is 3. The van der Waals surface area contributed by atoms with E-state index in [4.69, 9.17) is 0 Å². The van der Waals surface area contributed by atoms with Crippen molar-refractivity contribution in [1.29, 1.82) is 0 Å². The molecule has 1 saturated carbocycles. The molecule has 2 bridgehead atoms. The quantitative estimate of drug-likeness (QED) is 0.714. The summed E-state index contributed by atoms with van der Waals surface area (Å²) in [6.45, 7) is 0. The average molecular weight is 383 g/mol. The van der Waals surface area contributed by atoms with Gasteiger partial charge in [-0.05, 0) is 47.6 Å². The Hall–Kier alpha value is -2.89. The highest BCUT2D eigenvalue weighted by atomic mass is 19.4. The van der Waals surface area contributed by atoms with Gasteiger partial charge >= 0.3 is 6.18 Å². The van der Waals surface area contributed by atoms with E-state index in [9.17, 15) is 22.8 Å². The van der Waals surface area contributed by atoms with Crippen molar-refractivity contribution in [2.75, 3.05) is 4.90 Å². The fourth-order valence-corrected chi connectivity index (χ4v) is 5.04. The van der Waals surface area contributed by atoms with Gasteiger partial charge in [-0.3, -0.25) is 14.5 Å². The van der Waals surface area contributed by atoms with Gasteiger partial charge < -0.3 is 0 Å². The van der Waals surface area contributed by atoms with Crippen LogP contribution < -0.4 is 4.90 Å². The molecule has 5 rings (SSSR count). The Morgan fingerprint density at radius 3 is 2.32 bits per heavy atom. The third-order valence-corrected chi connectivity index (χ3v) is 6.15. The Labute approximate surface area is 159 Å². The second-order valence-corrected chi connectivity index (χ2v) is 7.61. The fourth-order valence-electron chi connectivity index (χ4n) is 5.04. The summed E-state index contributed by atoms with van der Waals surface area (Å²) in [5.41, 5.74) is 1.23. The minimum absolute atomic E-state index is 0.000105. The number of hydrogen-bond acceptors (Lipinski definition) is 2. The third kappa shape index (κ3) is 2.37. The van der Waals surface area contributed by atoms with Gasteiger partial charge in [0.2, 0.25) is 11.8 Å². The first-order valence-corrected chi connectivity index (χ1v) is 9.18. The van der Waals surface area contributed by atoms with E-state index in [1.54, 1.807) is 0 Å². The Kier molecular flexibility index (Phi) is 3.57. The summed E-state index contributed by atoms with van der Waals surface area (Å²) in [4.78, 5) is 27.1. The summed E-state index contributed by atoms with van der Waals surface area (Å²) >= 11 is 0. The van der Waals surface area contributed by atoms with Crippen LogP contribution in [0.3, 0.4) is 0 Å². The van der Waals surface area contributed by atoms with Crippen LogP contribution >= 0.6 is 0 Å². The Morgan fingerprint density at radius 2 is 1.61 bits per heavy atom. The van der Waals surface area contributed by atoms with Crippen LogP contribution in [0.5, 0.6) is 0 Å². The number of imide groups is 1. The summed E-state index contributed by atoms with van der Waals surface area (Å²) in [6.07, 6.45) is -1.71. The monoisotopic (exact) mass is 383 g/mol. The van der Waals surface area contributed by atoms with Crippen LogP contribution in [0.1, 0.15) is 17.5 Å². The maximum atomic E-state index is 13.1. The van der Waals surface area contributed by atoms with Crippen molar-refractivity contribution in [3.8, 4) is 0 Å². The van der Waals surface area contributed by atoms with E-state index in [1.165, 1.54) is 12.1 Å². The molecule has 28 heavy (non-hydrogen) atoms. The van der Waals surface area contributed by atoms with Crippen LogP contribution in [-0.4, -0.2) is 11.8 Å². The number of carbonyl (C=O) groups is 2. The molecule has 0 radical (unpaired) electrons. The maximum Gasteiger partial charge on any atom is 0.416 e. The zero-order chi connectivity index (χ0) is 19.6. The molecule has 1 heterocycles. The van der Waals surface area contributed by atoms with Gasteiger partial charge in [-0.25, -0.2) is 0 Å². The van der Waals surface area contributed by atoms with Crippen LogP contribution in [-0.2, 0) is 15.8 Å². The SMILES string of the molecule is O=C1[C@@H]2C3CC(C=C3c3ccccc3)[C@@H]2C(=O)N1c1cccc(C(F)(F)F)c1. The summed E-state index contributed by atoms with van der Waals surface area (Å²) < 4.78 is 39.2. The van der Waals surface area contributed by atoms with Gasteiger partial charge in [-0.1, -0.05) is 42.5 Å². The van der Waals surface area contributed by atoms with E-state index in [0.29, 0.717) is 0 Å². The molecular formula is C22H16F3NO2. The number of carbonyl (C=O) groups excluding carboxylic acids is 2. The van der Waals surface area contributed by atoms with Crippen molar-refractivity contribution < 1.29 is 22.8 Å². The number of anilines is 1. The van der Waals surface area contributed by atoms with Gasteiger partial charge in [-0.2, -0.15) is 13.2 Å². The van der Waals surface area contributed by atoms with Gasteiger partial charge in [0, 0.05) is 0 Å². The molecule has 2 unspecified atom stereocenters. The van der Waals surface area contributed by atoms with Crippen LogP contribution in [0.2, 0.25) is 0 Å². The third-order valence-electron chi connectivity index (χ3n) is 6.15. The molecule has 3 nitrogen and oxygen atoms in total. The van der Waals surface area contributed by atoms with Crippen molar-refractivity contribution in [3.05, 3.63) is 71.8 Å². The minimum Gasteiger partial charge on any atom is -0.274 e. The maximum absolute atomic E-state index is 13.1. The topological polar surface area (TPSA) is 37.4 Å². The largest absolute Gasteiger partial charge is 0.416 e. The lowest BCUT2D eigenvalue weighted by Gasteiger charge is -2.22. The van der Waals surface area contributed by atoms with E-state index in [2.05, 4.69) is 6.08 Å². The highest BCUT2D eigenvalue weighted by Crippen LogP contribution is 2.58. The summed E-state index contributed by atoms with van der Waals surface area (Å²) in [7, 11) is 0. The smallest absolute Gasteiger partial charge is 0.274 e. The van der Waals surface area contributed by atoms with Crippen LogP contribution in [0.15, 0.2) is 60.7 Å². The number of halogens is 3. The van der Waals surface area contributed by atoms with Crippen molar-refractivity contribution in [3.63, 3.8) is 0 Å². The number of amides is 2. The zero-order valence-corrected chi connectivity index (χ0v) is 14.7. The van der Waals surface area contributed by atoms with Gasteiger partial charge in [0.25, 0.3) is 0 Å². The molecule has 1 saturated heterocycles. The van der Waals surface area contributed by atoms with Gasteiger partial charge in [-0.15, -0.1) is 0 Å². The molecule has 2 amide bonds. The van der Waals surface area contributed by atoms with Gasteiger partial charge in [0.15, 0.2) is 0 Å². The van der Waals surface area contributed by atoms with E-state index < -0.39 is 23.6 Å². The predicted molar refractivity (Wildman–Crippen MR) is 96.9 cm³/mol. The Balaban J connectivity index is 1.50. The Bertz CT molecular complexity index is 1010. The molecule has 142 valence electrons. The molecule has 2 fully saturated rings. The normalized spacial score (nSPS) is 28.7. The van der Waals surface area contributed by atoms with Gasteiger partial charge in [0.05, 0.1) is 23.1 Å². The summed E-state index contributed by atoms with van der Waals surface area (Å²) in [5, 5.41) is 0. The molecule has 6 heteroatoms. The average Bonchev–Trinajstić information content (AvgIpc) is 3.33. The summed E-state index contributed by atoms with van der Waals surface area (Å²) in [5.74, 6) is -1.85. The predicted octanol–water partition coefficient (Wildman–Crippen LogP) is 4.54. The molecule has 0 N–H and O–H groups in total. The molecule has 2 aromatic carbocycles. The number of benzene rings is 2. The first-order chi connectivity index (χ1) is 13.4. The van der Waals surface area contributed by atoms with E-state index in [-0.39, 0.29) is 29.3 Å². The van der Waals surface area contributed by atoms with Crippen molar-refractivity contribution in [2.24, 2.45) is 23.7 Å². The molecule has 0 aromatic heterocycles. The van der Waals surface area contributed by atoms with Crippen molar-refractivity contribution >= 4 is 23.1 Å². The lowest BCUT2D eigenvalue weighted by Crippen LogP contribution is -2.33. The number of rotatable bonds is 2. The van der Waals surface area contributed by atoms with Crippen LogP contribution in [0.4, 0.5) is 18.9 Å². The molecular weight excluding hydrogens is 367 g/mol. The highest BCUT2D eigenvalue weighted by molar-refractivity contribution is 6.23. The molecule has 3 aliphatic rings. The van der Waals surface area contributed by atoms with Crippen LogP contribution in [0.25, 0.3) is 5.57 Å². The lowest BCUT2D eigenvalue weighted by atomic mass is 9.79. The van der Waals surface area contributed by atoms with Crippen molar-refractivity contribution in [1.82, 2.24) is 0 Å². The van der Waals surface area contributed by atoms with E-state index in [0.717, 1.165) is 34.6 Å². The number of allylic oxidation sites excluding steroid dienone is 2. The second-order valence-electron chi connectivity index (χ2n) is 7.61. The lowest BCUT2D eigenvalue weighted by molar-refractivity contribution is -0.137. The molecule has 1 aliphatic heterocycles. The molecule has 2 aromatic rings. The molecule has 0 spiro atoms. The minimum atomic E-state index is -4.53. The highest BCUT2D eigenvalue weighted by Gasteiger charge is 2.61. The fraction of sp³-hybridized carbons (Fsp3) is 0.273. The standard InChI is InChI=1S/C22H16F3NO2/c23-22(24,25)14-7-4-8-15(11-14)26-20(27)18-13-9-16(12-5-2-1-3-6-12)17(10-13)19(18)21(26)28/h1-9,11,13,17-19H,10H2/t13?,17?,18-,19+/m0/s1. The number of hydrogen-bond donors (Lipinski definition) is 0. The summed E-state index contributed by atoms with van der Waals surface area (Å²) in [6, 6.07) is 14.2. The number of nitrogens with zero attached hydrogens (tertiary/aromatic N) is 1.